The Labute approximate surface area is 158 Å². The Morgan fingerprint density at radius 2 is 1.77 bits per heavy atom. The molecule has 0 spiro atoms. The summed E-state index contributed by atoms with van der Waals surface area (Å²) in [6.07, 6.45) is 0. The molecule has 0 saturated heterocycles. The van der Waals surface area contributed by atoms with Crippen molar-refractivity contribution in [1.29, 1.82) is 0 Å². The number of hydrogen-bond acceptors (Lipinski definition) is 4. The lowest BCUT2D eigenvalue weighted by atomic mass is 10.00. The van der Waals surface area contributed by atoms with Gasteiger partial charge >= 0.3 is 0 Å². The number of rotatable bonds is 7. The molecule has 1 aliphatic rings. The number of hydrogen-bond donors (Lipinski definition) is 1. The minimum atomic E-state index is -3.65. The normalized spacial score (nSPS) is 25.2. The van der Waals surface area contributed by atoms with Crippen molar-refractivity contribution in [2.75, 3.05) is 19.8 Å². The van der Waals surface area contributed by atoms with Crippen molar-refractivity contribution in [3.63, 3.8) is 0 Å². The Bertz CT molecular complexity index is 871. The van der Waals surface area contributed by atoms with Crippen molar-refractivity contribution in [2.45, 2.75) is 23.0 Å². The van der Waals surface area contributed by atoms with Crippen LogP contribution in [0.2, 0.25) is 5.02 Å². The highest BCUT2D eigenvalue weighted by atomic mass is 35.5. The van der Waals surface area contributed by atoms with E-state index in [1.165, 1.54) is 24.3 Å². The van der Waals surface area contributed by atoms with Crippen LogP contribution in [0.15, 0.2) is 53.4 Å². The molecule has 3 rings (SSSR count). The van der Waals surface area contributed by atoms with Gasteiger partial charge in [0.05, 0.1) is 16.8 Å². The van der Waals surface area contributed by atoms with Gasteiger partial charge in [-0.1, -0.05) is 23.7 Å². The minimum Gasteiger partial charge on any atom is -0.381 e. The Hall–Kier alpha value is -1.47. The lowest BCUT2D eigenvalue weighted by molar-refractivity contribution is 0.101. The van der Waals surface area contributed by atoms with Gasteiger partial charge in [-0.25, -0.2) is 12.8 Å². The zero-order chi connectivity index (χ0) is 18.9. The van der Waals surface area contributed by atoms with Gasteiger partial charge in [-0.15, -0.1) is 0 Å². The summed E-state index contributed by atoms with van der Waals surface area (Å²) in [5, 5.41) is -0.257. The Morgan fingerprint density at radius 3 is 2.31 bits per heavy atom. The van der Waals surface area contributed by atoms with E-state index >= 15 is 0 Å². The Balaban J connectivity index is 2.03. The first-order valence-electron chi connectivity index (χ1n) is 8.39. The van der Waals surface area contributed by atoms with Crippen LogP contribution in [0.25, 0.3) is 0 Å². The molecule has 0 bridgehead atoms. The predicted molar refractivity (Wildman–Crippen MR) is 99.5 cm³/mol. The molecule has 2 N–H and O–H groups in total. The molecule has 3 atom stereocenters. The predicted octanol–water partition coefficient (Wildman–Crippen LogP) is 3.40. The molecule has 140 valence electrons. The van der Waals surface area contributed by atoms with Gasteiger partial charge in [0, 0.05) is 29.5 Å². The maximum atomic E-state index is 13.3. The second kappa shape index (κ2) is 7.27. The lowest BCUT2D eigenvalue weighted by Gasteiger charge is -2.16. The molecule has 1 fully saturated rings. The summed E-state index contributed by atoms with van der Waals surface area (Å²) in [5.74, 6) is -0.713. The van der Waals surface area contributed by atoms with Gasteiger partial charge < -0.3 is 10.5 Å². The average molecular weight is 398 g/mol. The van der Waals surface area contributed by atoms with Crippen LogP contribution in [0, 0.1) is 11.2 Å². The molecule has 26 heavy (non-hydrogen) atoms. The van der Waals surface area contributed by atoms with E-state index < -0.39 is 20.5 Å². The van der Waals surface area contributed by atoms with Gasteiger partial charge in [-0.05, 0) is 48.9 Å². The van der Waals surface area contributed by atoms with Gasteiger partial charge in [-0.2, -0.15) is 0 Å². The van der Waals surface area contributed by atoms with Crippen LogP contribution >= 0.6 is 11.6 Å². The molecule has 1 aliphatic carbocycles. The standard InChI is InChI=1S/C19H21ClFNO3S/c1-2-25-12-19(11-22)17(13-3-7-15(21)8-4-13)18(19)26(23,24)16-9-5-14(20)6-10-16/h3-10,17-18H,2,11-12,22H2,1H3/t17-,18+,19+/m0/s1. The van der Waals surface area contributed by atoms with Crippen LogP contribution in [0.3, 0.4) is 0 Å². The maximum Gasteiger partial charge on any atom is 0.182 e. The first-order valence-corrected chi connectivity index (χ1v) is 10.3. The topological polar surface area (TPSA) is 69.4 Å². The van der Waals surface area contributed by atoms with Crippen LogP contribution in [-0.4, -0.2) is 33.4 Å². The van der Waals surface area contributed by atoms with Gasteiger partial charge in [0.15, 0.2) is 9.84 Å². The van der Waals surface area contributed by atoms with E-state index in [-0.39, 0.29) is 29.8 Å². The first-order chi connectivity index (χ1) is 12.4. The second-order valence-electron chi connectivity index (χ2n) is 6.52. The third kappa shape index (κ3) is 3.27. The SMILES string of the molecule is CCOC[C@@]1(CN)[C@H](S(=O)(=O)c2ccc(Cl)cc2)[C@@H]1c1ccc(F)cc1. The van der Waals surface area contributed by atoms with Crippen LogP contribution in [0.1, 0.15) is 18.4 Å². The first kappa shape index (κ1) is 19.3. The largest absolute Gasteiger partial charge is 0.381 e. The van der Waals surface area contributed by atoms with Crippen molar-refractivity contribution in [3.05, 3.63) is 64.9 Å². The maximum absolute atomic E-state index is 13.3. The van der Waals surface area contributed by atoms with Crippen LogP contribution < -0.4 is 5.73 Å². The highest BCUT2D eigenvalue weighted by Gasteiger charge is 2.70. The number of nitrogens with two attached hydrogens (primary N) is 1. The van der Waals surface area contributed by atoms with E-state index in [2.05, 4.69) is 0 Å². The average Bonchev–Trinajstić information content (AvgIpc) is 3.31. The fourth-order valence-electron chi connectivity index (χ4n) is 3.66. The van der Waals surface area contributed by atoms with Gasteiger partial charge in [0.1, 0.15) is 5.82 Å². The van der Waals surface area contributed by atoms with Crippen molar-refractivity contribution in [3.8, 4) is 0 Å². The molecule has 2 aromatic rings. The number of sulfone groups is 1. The Kier molecular flexibility index (Phi) is 5.40. The summed E-state index contributed by atoms with van der Waals surface area (Å²) in [6.45, 7) is 2.71. The number of halogens is 2. The van der Waals surface area contributed by atoms with Gasteiger partial charge in [0.2, 0.25) is 0 Å². The minimum absolute atomic E-state index is 0.159. The van der Waals surface area contributed by atoms with E-state index in [1.807, 2.05) is 6.92 Å². The van der Waals surface area contributed by atoms with E-state index in [9.17, 15) is 12.8 Å². The van der Waals surface area contributed by atoms with Crippen LogP contribution in [0.5, 0.6) is 0 Å². The van der Waals surface area contributed by atoms with Crippen LogP contribution in [0.4, 0.5) is 4.39 Å². The summed E-state index contributed by atoms with van der Waals surface area (Å²) in [5.41, 5.74) is 6.04. The molecule has 0 heterocycles. The molecule has 7 heteroatoms. The fraction of sp³-hybridized carbons (Fsp3) is 0.368. The molecule has 2 aromatic carbocycles. The number of benzene rings is 2. The molecule has 0 aliphatic heterocycles. The zero-order valence-electron chi connectivity index (χ0n) is 14.4. The molecule has 0 amide bonds. The van der Waals surface area contributed by atoms with Crippen molar-refractivity contribution >= 4 is 21.4 Å². The summed E-state index contributed by atoms with van der Waals surface area (Å²) in [7, 11) is -3.65. The summed E-state index contributed by atoms with van der Waals surface area (Å²) < 4.78 is 45.4. The van der Waals surface area contributed by atoms with E-state index in [0.29, 0.717) is 11.6 Å². The molecule has 0 unspecified atom stereocenters. The van der Waals surface area contributed by atoms with Crippen LogP contribution in [-0.2, 0) is 14.6 Å². The monoisotopic (exact) mass is 397 g/mol. The highest BCUT2D eigenvalue weighted by molar-refractivity contribution is 7.92. The molecule has 0 radical (unpaired) electrons. The van der Waals surface area contributed by atoms with Crippen molar-refractivity contribution < 1.29 is 17.5 Å². The van der Waals surface area contributed by atoms with Crippen molar-refractivity contribution in [1.82, 2.24) is 0 Å². The third-order valence-electron chi connectivity index (χ3n) is 5.04. The van der Waals surface area contributed by atoms with Gasteiger partial charge in [-0.3, -0.25) is 0 Å². The fourth-order valence-corrected chi connectivity index (χ4v) is 6.23. The smallest absolute Gasteiger partial charge is 0.182 e. The zero-order valence-corrected chi connectivity index (χ0v) is 15.9. The van der Waals surface area contributed by atoms with Gasteiger partial charge in [0.25, 0.3) is 0 Å². The summed E-state index contributed by atoms with van der Waals surface area (Å²) in [6, 6.07) is 12.0. The molecular weight excluding hydrogens is 377 g/mol. The summed E-state index contributed by atoms with van der Waals surface area (Å²) >= 11 is 5.88. The molecule has 0 aromatic heterocycles. The summed E-state index contributed by atoms with van der Waals surface area (Å²) in [4.78, 5) is 0.200. The molecular formula is C19H21ClFNO3S. The second-order valence-corrected chi connectivity index (χ2v) is 9.03. The third-order valence-corrected chi connectivity index (χ3v) is 7.63. The Morgan fingerprint density at radius 1 is 1.15 bits per heavy atom. The molecule has 4 nitrogen and oxygen atoms in total. The highest BCUT2D eigenvalue weighted by Crippen LogP contribution is 2.63. The quantitative estimate of drug-likeness (QED) is 0.777. The lowest BCUT2D eigenvalue weighted by Crippen LogP contribution is -2.29. The van der Waals surface area contributed by atoms with Crippen molar-refractivity contribution in [2.24, 2.45) is 11.1 Å². The van der Waals surface area contributed by atoms with E-state index in [4.69, 9.17) is 22.1 Å². The molecule has 1 saturated carbocycles. The van der Waals surface area contributed by atoms with E-state index in [0.717, 1.165) is 5.56 Å². The van der Waals surface area contributed by atoms with E-state index in [1.54, 1.807) is 24.3 Å². The number of ether oxygens (including phenoxy) is 1.